The number of nitrogen functional groups attached to an aromatic ring is 1. The van der Waals surface area contributed by atoms with E-state index in [1.54, 1.807) is 0 Å². The fraction of sp³-hybridized carbons (Fsp3) is 0.100. The van der Waals surface area contributed by atoms with Gasteiger partial charge in [0, 0.05) is 5.39 Å². The first-order valence-electron chi connectivity index (χ1n) is 4.53. The molecular formula is C10H9N3O2S. The topological polar surface area (TPSA) is 89.1 Å². The van der Waals surface area contributed by atoms with Crippen LogP contribution in [0.15, 0.2) is 29.4 Å². The van der Waals surface area contributed by atoms with Crippen molar-refractivity contribution >= 4 is 34.5 Å². The van der Waals surface area contributed by atoms with Crippen LogP contribution in [0.5, 0.6) is 0 Å². The number of rotatable bonds is 3. The van der Waals surface area contributed by atoms with E-state index in [9.17, 15) is 4.79 Å². The van der Waals surface area contributed by atoms with Crippen molar-refractivity contribution in [3.05, 3.63) is 24.3 Å². The Labute approximate surface area is 95.7 Å². The highest BCUT2D eigenvalue weighted by Gasteiger charge is 2.06. The van der Waals surface area contributed by atoms with Crippen molar-refractivity contribution in [1.82, 2.24) is 9.97 Å². The van der Waals surface area contributed by atoms with E-state index in [1.165, 1.54) is 0 Å². The summed E-state index contributed by atoms with van der Waals surface area (Å²) in [6.45, 7) is 0. The molecule has 2 rings (SSSR count). The summed E-state index contributed by atoms with van der Waals surface area (Å²) in [7, 11) is 0. The lowest BCUT2D eigenvalue weighted by Crippen LogP contribution is -2.01. The smallest absolute Gasteiger partial charge is 0.313 e. The van der Waals surface area contributed by atoms with E-state index in [0.29, 0.717) is 11.0 Å². The standard InChI is InChI=1S/C10H9N3O2S/c11-9-6-3-1-2-4-7(6)12-10(13-9)16-5-8(14)15/h1-4H,5H2,(H,14,15)(H2,11,12,13). The Kier molecular flexibility index (Phi) is 2.91. The average Bonchev–Trinajstić information content (AvgIpc) is 2.26. The summed E-state index contributed by atoms with van der Waals surface area (Å²) < 4.78 is 0. The molecule has 0 saturated heterocycles. The number of para-hydroxylation sites is 1. The van der Waals surface area contributed by atoms with Crippen molar-refractivity contribution in [2.24, 2.45) is 0 Å². The number of nitrogens with two attached hydrogens (primary N) is 1. The first-order valence-corrected chi connectivity index (χ1v) is 5.52. The van der Waals surface area contributed by atoms with Crippen LogP contribution in [-0.2, 0) is 4.79 Å². The zero-order valence-corrected chi connectivity index (χ0v) is 9.07. The average molecular weight is 235 g/mol. The molecule has 2 aromatic rings. The number of hydrogen-bond acceptors (Lipinski definition) is 5. The number of aliphatic carboxylic acids is 1. The molecule has 82 valence electrons. The highest BCUT2D eigenvalue weighted by Crippen LogP contribution is 2.21. The van der Waals surface area contributed by atoms with E-state index in [2.05, 4.69) is 9.97 Å². The second-order valence-corrected chi connectivity index (χ2v) is 4.03. The molecule has 0 aliphatic rings. The van der Waals surface area contributed by atoms with Crippen molar-refractivity contribution in [1.29, 1.82) is 0 Å². The van der Waals surface area contributed by atoms with Crippen LogP contribution in [0, 0.1) is 0 Å². The lowest BCUT2D eigenvalue weighted by molar-refractivity contribution is -0.133. The van der Waals surface area contributed by atoms with Gasteiger partial charge in [0.05, 0.1) is 11.3 Å². The van der Waals surface area contributed by atoms with Crippen LogP contribution in [0.25, 0.3) is 10.9 Å². The van der Waals surface area contributed by atoms with Gasteiger partial charge in [-0.05, 0) is 12.1 Å². The summed E-state index contributed by atoms with van der Waals surface area (Å²) in [5, 5.41) is 9.72. The highest BCUT2D eigenvalue weighted by molar-refractivity contribution is 7.99. The third kappa shape index (κ3) is 2.22. The molecule has 0 aliphatic carbocycles. The van der Waals surface area contributed by atoms with Crippen LogP contribution in [0.1, 0.15) is 0 Å². The Hall–Kier alpha value is -1.82. The normalized spacial score (nSPS) is 10.5. The fourth-order valence-electron chi connectivity index (χ4n) is 1.27. The molecule has 6 heteroatoms. The fourth-order valence-corrected chi connectivity index (χ4v) is 1.85. The van der Waals surface area contributed by atoms with Gasteiger partial charge in [0.2, 0.25) is 0 Å². The summed E-state index contributed by atoms with van der Waals surface area (Å²) in [5.74, 6) is -0.601. The highest BCUT2D eigenvalue weighted by atomic mass is 32.2. The minimum Gasteiger partial charge on any atom is -0.481 e. The first-order chi connectivity index (χ1) is 7.66. The second kappa shape index (κ2) is 4.36. The predicted molar refractivity (Wildman–Crippen MR) is 62.3 cm³/mol. The maximum Gasteiger partial charge on any atom is 0.313 e. The van der Waals surface area contributed by atoms with Crippen LogP contribution < -0.4 is 5.73 Å². The van der Waals surface area contributed by atoms with E-state index in [-0.39, 0.29) is 5.75 Å². The SMILES string of the molecule is Nc1nc(SCC(=O)O)nc2ccccc12. The van der Waals surface area contributed by atoms with Crippen molar-refractivity contribution in [2.45, 2.75) is 5.16 Å². The number of aromatic nitrogens is 2. The van der Waals surface area contributed by atoms with Crippen molar-refractivity contribution < 1.29 is 9.90 Å². The monoisotopic (exact) mass is 235 g/mol. The molecule has 5 nitrogen and oxygen atoms in total. The molecule has 0 radical (unpaired) electrons. The number of carbonyl (C=O) groups is 1. The Morgan fingerprint density at radius 1 is 1.38 bits per heavy atom. The lowest BCUT2D eigenvalue weighted by Gasteiger charge is -2.03. The zero-order chi connectivity index (χ0) is 11.5. The van der Waals surface area contributed by atoms with Gasteiger partial charge in [-0.1, -0.05) is 23.9 Å². The summed E-state index contributed by atoms with van der Waals surface area (Å²) in [5.41, 5.74) is 6.48. The minimum atomic E-state index is -0.902. The largest absolute Gasteiger partial charge is 0.481 e. The van der Waals surface area contributed by atoms with Crippen molar-refractivity contribution in [2.75, 3.05) is 11.5 Å². The molecule has 16 heavy (non-hydrogen) atoms. The first kappa shape index (κ1) is 10.7. The number of fused-ring (bicyclic) bond motifs is 1. The van der Waals surface area contributed by atoms with Crippen molar-refractivity contribution in [3.8, 4) is 0 Å². The molecular weight excluding hydrogens is 226 g/mol. The number of anilines is 1. The zero-order valence-electron chi connectivity index (χ0n) is 8.25. The summed E-state index contributed by atoms with van der Waals surface area (Å²) in [4.78, 5) is 18.7. The van der Waals surface area contributed by atoms with E-state index in [1.807, 2.05) is 24.3 Å². The molecule has 0 spiro atoms. The molecule has 0 aliphatic heterocycles. The second-order valence-electron chi connectivity index (χ2n) is 3.09. The molecule has 3 N–H and O–H groups in total. The number of thioether (sulfide) groups is 1. The Bertz CT molecular complexity index is 545. The quantitative estimate of drug-likeness (QED) is 0.617. The van der Waals surface area contributed by atoms with E-state index < -0.39 is 5.97 Å². The number of hydrogen-bond donors (Lipinski definition) is 2. The maximum absolute atomic E-state index is 10.4. The Balaban J connectivity index is 2.38. The predicted octanol–water partition coefficient (Wildman–Crippen LogP) is 1.39. The molecule has 0 atom stereocenters. The molecule has 0 amide bonds. The van der Waals surface area contributed by atoms with Gasteiger partial charge in [0.25, 0.3) is 0 Å². The molecule has 1 aromatic heterocycles. The van der Waals surface area contributed by atoms with Gasteiger partial charge in [-0.3, -0.25) is 4.79 Å². The Morgan fingerprint density at radius 2 is 2.12 bits per heavy atom. The summed E-state index contributed by atoms with van der Waals surface area (Å²) in [6, 6.07) is 7.35. The molecule has 0 saturated carbocycles. The molecule has 0 bridgehead atoms. The van der Waals surface area contributed by atoms with Crippen LogP contribution in [-0.4, -0.2) is 26.8 Å². The molecule has 0 fully saturated rings. The van der Waals surface area contributed by atoms with Crippen LogP contribution >= 0.6 is 11.8 Å². The van der Waals surface area contributed by atoms with Crippen LogP contribution in [0.3, 0.4) is 0 Å². The van der Waals surface area contributed by atoms with Crippen LogP contribution in [0.4, 0.5) is 5.82 Å². The number of nitrogens with zero attached hydrogens (tertiary/aromatic N) is 2. The summed E-state index contributed by atoms with van der Waals surface area (Å²) in [6.07, 6.45) is 0. The third-order valence-corrected chi connectivity index (χ3v) is 2.77. The number of carboxylic acid groups (broad SMARTS) is 1. The number of benzene rings is 1. The van der Waals surface area contributed by atoms with Gasteiger partial charge < -0.3 is 10.8 Å². The van der Waals surface area contributed by atoms with Crippen LogP contribution in [0.2, 0.25) is 0 Å². The van der Waals surface area contributed by atoms with Gasteiger partial charge >= 0.3 is 5.97 Å². The minimum absolute atomic E-state index is 0.0716. The Morgan fingerprint density at radius 3 is 2.88 bits per heavy atom. The molecule has 1 heterocycles. The van der Waals surface area contributed by atoms with Gasteiger partial charge in [-0.25, -0.2) is 9.97 Å². The molecule has 1 aromatic carbocycles. The maximum atomic E-state index is 10.4. The molecule has 0 unspecified atom stereocenters. The van der Waals surface area contributed by atoms with E-state index in [0.717, 1.165) is 22.7 Å². The van der Waals surface area contributed by atoms with Gasteiger partial charge in [-0.2, -0.15) is 0 Å². The van der Waals surface area contributed by atoms with E-state index >= 15 is 0 Å². The van der Waals surface area contributed by atoms with Gasteiger partial charge in [-0.15, -0.1) is 0 Å². The van der Waals surface area contributed by atoms with E-state index in [4.69, 9.17) is 10.8 Å². The lowest BCUT2D eigenvalue weighted by atomic mass is 10.2. The summed E-state index contributed by atoms with van der Waals surface area (Å²) >= 11 is 1.06. The number of carboxylic acids is 1. The van der Waals surface area contributed by atoms with Gasteiger partial charge in [0.15, 0.2) is 5.16 Å². The van der Waals surface area contributed by atoms with Gasteiger partial charge in [0.1, 0.15) is 5.82 Å². The third-order valence-electron chi connectivity index (χ3n) is 1.94. The van der Waals surface area contributed by atoms with Crippen molar-refractivity contribution in [3.63, 3.8) is 0 Å².